The first-order valence-corrected chi connectivity index (χ1v) is 3.73. The summed E-state index contributed by atoms with van der Waals surface area (Å²) >= 11 is 0. The van der Waals surface area contributed by atoms with Crippen LogP contribution >= 0.6 is 0 Å². The molecule has 2 rings (SSSR count). The quantitative estimate of drug-likeness (QED) is 0.449. The molecule has 2 aliphatic carbocycles. The van der Waals surface area contributed by atoms with Gasteiger partial charge in [-0.2, -0.15) is 0 Å². The van der Waals surface area contributed by atoms with Crippen LogP contribution in [0.5, 0.6) is 0 Å². The second-order valence-corrected chi connectivity index (χ2v) is 3.89. The fraction of sp³-hybridized carbons (Fsp3) is 1.00. The van der Waals surface area contributed by atoms with Crippen LogP contribution in [-0.4, -0.2) is 0 Å². The molecule has 0 saturated heterocycles. The van der Waals surface area contributed by atoms with Gasteiger partial charge in [0.25, 0.3) is 0 Å². The number of hydrogen-bond donors (Lipinski definition) is 0. The first kappa shape index (κ1) is 4.84. The zero-order valence-corrected chi connectivity index (χ0v) is 5.78. The van der Waals surface area contributed by atoms with E-state index in [-0.39, 0.29) is 0 Å². The summed E-state index contributed by atoms with van der Waals surface area (Å²) in [5.41, 5.74) is 0.819. The van der Waals surface area contributed by atoms with Gasteiger partial charge in [0.2, 0.25) is 0 Å². The van der Waals surface area contributed by atoms with E-state index < -0.39 is 0 Å². The Balaban J connectivity index is 2.19. The predicted octanol–water partition coefficient (Wildman–Crippen LogP) is 2.44. The third-order valence-corrected chi connectivity index (χ3v) is 3.53. The summed E-state index contributed by atoms with van der Waals surface area (Å²) in [4.78, 5) is 0. The summed E-state index contributed by atoms with van der Waals surface area (Å²) in [6.45, 7) is 4.86. The molecule has 46 valence electrons. The van der Waals surface area contributed by atoms with Crippen LogP contribution in [0.1, 0.15) is 33.1 Å². The van der Waals surface area contributed by atoms with Crippen LogP contribution in [0.4, 0.5) is 0 Å². The van der Waals surface area contributed by atoms with Gasteiger partial charge < -0.3 is 0 Å². The molecule has 0 aliphatic heterocycles. The van der Waals surface area contributed by atoms with Crippen LogP contribution in [0.3, 0.4) is 0 Å². The van der Waals surface area contributed by atoms with E-state index in [1.54, 1.807) is 0 Å². The Morgan fingerprint density at radius 1 is 1.38 bits per heavy atom. The highest BCUT2D eigenvalue weighted by atomic mass is 14.6. The van der Waals surface area contributed by atoms with Gasteiger partial charge in [0, 0.05) is 0 Å². The lowest BCUT2D eigenvalue weighted by molar-refractivity contribution is 0.390. The van der Waals surface area contributed by atoms with Crippen molar-refractivity contribution in [1.29, 1.82) is 0 Å². The Kier molecular flexibility index (Phi) is 0.678. The van der Waals surface area contributed by atoms with Gasteiger partial charge in [-0.05, 0) is 36.5 Å². The van der Waals surface area contributed by atoms with E-state index in [0.29, 0.717) is 0 Å². The monoisotopic (exact) mass is 110 g/mol. The van der Waals surface area contributed by atoms with Gasteiger partial charge in [0.15, 0.2) is 0 Å². The van der Waals surface area contributed by atoms with Crippen molar-refractivity contribution < 1.29 is 0 Å². The molecule has 2 aliphatic rings. The molecule has 8 heavy (non-hydrogen) atoms. The maximum atomic E-state index is 2.45. The number of fused-ring (bicyclic) bond motifs is 1. The fourth-order valence-corrected chi connectivity index (χ4v) is 2.29. The molecule has 0 aromatic rings. The summed E-state index contributed by atoms with van der Waals surface area (Å²) in [5, 5.41) is 0. The van der Waals surface area contributed by atoms with E-state index in [1.165, 1.54) is 19.3 Å². The lowest BCUT2D eigenvalue weighted by Gasteiger charge is -2.10. The Hall–Kier alpha value is 0. The smallest absolute Gasteiger partial charge is 0.0269 e. The van der Waals surface area contributed by atoms with Crippen molar-refractivity contribution in [3.05, 3.63) is 0 Å². The van der Waals surface area contributed by atoms with Gasteiger partial charge in [-0.1, -0.05) is 13.8 Å². The van der Waals surface area contributed by atoms with Gasteiger partial charge >= 0.3 is 0 Å². The van der Waals surface area contributed by atoms with Crippen molar-refractivity contribution >= 4 is 0 Å². The van der Waals surface area contributed by atoms with E-state index in [1.807, 2.05) is 0 Å². The number of rotatable bonds is 0. The lowest BCUT2D eigenvalue weighted by atomic mass is 9.95. The molecule has 2 fully saturated rings. The molecule has 0 spiro atoms. The average Bonchev–Trinajstić information content (AvgIpc) is 2.31. The Labute approximate surface area is 51.3 Å². The summed E-state index contributed by atoms with van der Waals surface area (Å²) in [6.07, 6.45) is 4.56. The summed E-state index contributed by atoms with van der Waals surface area (Å²) in [7, 11) is 0. The van der Waals surface area contributed by atoms with Crippen LogP contribution in [0.15, 0.2) is 0 Å². The minimum Gasteiger partial charge on any atom is -0.0620 e. The average molecular weight is 110 g/mol. The summed E-state index contributed by atoms with van der Waals surface area (Å²) in [5.74, 6) is 2.17. The Morgan fingerprint density at radius 3 is 2.25 bits per heavy atom. The van der Waals surface area contributed by atoms with Crippen LogP contribution in [0.2, 0.25) is 0 Å². The summed E-state index contributed by atoms with van der Waals surface area (Å²) < 4.78 is 0. The molecule has 2 saturated carbocycles. The molecule has 1 unspecified atom stereocenters. The molecule has 0 aromatic heterocycles. The van der Waals surface area contributed by atoms with E-state index in [2.05, 4.69) is 13.8 Å². The zero-order valence-electron chi connectivity index (χ0n) is 5.78. The van der Waals surface area contributed by atoms with Gasteiger partial charge in [-0.25, -0.2) is 0 Å². The number of hydrogen-bond acceptors (Lipinski definition) is 0. The minimum atomic E-state index is 0.819. The molecule has 0 heteroatoms. The second kappa shape index (κ2) is 1.12. The Bertz CT molecular complexity index is 115. The largest absolute Gasteiger partial charge is 0.0620 e. The van der Waals surface area contributed by atoms with E-state index in [9.17, 15) is 0 Å². The second-order valence-electron chi connectivity index (χ2n) is 3.89. The summed E-state index contributed by atoms with van der Waals surface area (Å²) in [6, 6.07) is 0. The van der Waals surface area contributed by atoms with E-state index in [4.69, 9.17) is 0 Å². The predicted molar refractivity (Wildman–Crippen MR) is 34.6 cm³/mol. The first-order chi connectivity index (χ1) is 3.73. The molecule has 0 amide bonds. The van der Waals surface area contributed by atoms with Crippen LogP contribution in [0, 0.1) is 17.3 Å². The van der Waals surface area contributed by atoms with Crippen LogP contribution in [-0.2, 0) is 0 Å². The SMILES string of the molecule is C[C@H]1CCC2C[C@@]21C. The molecule has 0 bridgehead atoms. The zero-order chi connectivity index (χ0) is 5.78. The van der Waals surface area contributed by atoms with Gasteiger partial charge in [0.05, 0.1) is 0 Å². The lowest BCUT2D eigenvalue weighted by Crippen LogP contribution is -2.02. The molecule has 0 aromatic carbocycles. The van der Waals surface area contributed by atoms with E-state index in [0.717, 1.165) is 17.3 Å². The van der Waals surface area contributed by atoms with Crippen LogP contribution < -0.4 is 0 Å². The molecule has 0 radical (unpaired) electrons. The fourth-order valence-electron chi connectivity index (χ4n) is 2.29. The van der Waals surface area contributed by atoms with Crippen molar-refractivity contribution in [2.45, 2.75) is 33.1 Å². The minimum absolute atomic E-state index is 0.819. The molecule has 3 atom stereocenters. The van der Waals surface area contributed by atoms with Crippen molar-refractivity contribution in [2.75, 3.05) is 0 Å². The van der Waals surface area contributed by atoms with Crippen LogP contribution in [0.25, 0.3) is 0 Å². The Morgan fingerprint density at radius 2 is 2.12 bits per heavy atom. The maximum Gasteiger partial charge on any atom is -0.0269 e. The van der Waals surface area contributed by atoms with Gasteiger partial charge in [0.1, 0.15) is 0 Å². The molecular weight excluding hydrogens is 96.1 g/mol. The maximum absolute atomic E-state index is 2.45. The topological polar surface area (TPSA) is 0 Å². The molecule has 0 heterocycles. The standard InChI is InChI=1S/C8H14/c1-6-3-4-7-5-8(6,7)2/h6-7H,3-5H2,1-2H3/t6-,7?,8+/m0/s1. The first-order valence-electron chi connectivity index (χ1n) is 3.73. The molecule has 0 N–H and O–H groups in total. The third-order valence-electron chi connectivity index (χ3n) is 3.53. The third kappa shape index (κ3) is 0.375. The van der Waals surface area contributed by atoms with Crippen molar-refractivity contribution in [3.63, 3.8) is 0 Å². The highest BCUT2D eigenvalue weighted by Gasteiger charge is 2.56. The molecular formula is C8H14. The van der Waals surface area contributed by atoms with Gasteiger partial charge in [-0.3, -0.25) is 0 Å². The van der Waals surface area contributed by atoms with Crippen molar-refractivity contribution in [3.8, 4) is 0 Å². The van der Waals surface area contributed by atoms with E-state index >= 15 is 0 Å². The highest BCUT2D eigenvalue weighted by Crippen LogP contribution is 2.65. The van der Waals surface area contributed by atoms with Crippen molar-refractivity contribution in [1.82, 2.24) is 0 Å². The molecule has 0 nitrogen and oxygen atoms in total. The van der Waals surface area contributed by atoms with Crippen molar-refractivity contribution in [2.24, 2.45) is 17.3 Å². The van der Waals surface area contributed by atoms with Gasteiger partial charge in [-0.15, -0.1) is 0 Å². The highest BCUT2D eigenvalue weighted by molar-refractivity contribution is 5.06. The normalized spacial score (nSPS) is 60.8.